The van der Waals surface area contributed by atoms with E-state index < -0.39 is 0 Å². The number of halogens is 1. The lowest BCUT2D eigenvalue weighted by molar-refractivity contribution is -0.121. The minimum atomic E-state index is 0. The molecule has 3 N–H and O–H groups in total. The number of hydrogen-bond donors (Lipinski definition) is 3. The lowest BCUT2D eigenvalue weighted by Gasteiger charge is -2.30. The molecule has 5 heteroatoms. The number of piperidine rings is 1. The Labute approximate surface area is 91.6 Å². The molecule has 0 aromatic rings. The van der Waals surface area contributed by atoms with Gasteiger partial charge in [-0.25, -0.2) is 0 Å². The molecule has 1 heterocycles. The van der Waals surface area contributed by atoms with Gasteiger partial charge >= 0.3 is 0 Å². The van der Waals surface area contributed by atoms with Crippen molar-refractivity contribution >= 4 is 18.3 Å². The maximum atomic E-state index is 11.3. The summed E-state index contributed by atoms with van der Waals surface area (Å²) in [5.41, 5.74) is 0. The second kappa shape index (κ2) is 7.04. The zero-order chi connectivity index (χ0) is 9.68. The first-order valence-electron chi connectivity index (χ1n) is 4.88. The third-order valence-corrected chi connectivity index (χ3v) is 2.51. The van der Waals surface area contributed by atoms with Crippen LogP contribution in [-0.2, 0) is 4.79 Å². The zero-order valence-electron chi connectivity index (χ0n) is 8.80. The molecular formula is C9H20ClN3O. The van der Waals surface area contributed by atoms with E-state index in [1.54, 1.807) is 7.05 Å². The molecule has 0 aromatic heterocycles. The first-order chi connectivity index (χ1) is 6.24. The Kier molecular flexibility index (Phi) is 6.87. The van der Waals surface area contributed by atoms with Gasteiger partial charge in [0.2, 0.25) is 5.91 Å². The second-order valence-electron chi connectivity index (χ2n) is 3.67. The van der Waals surface area contributed by atoms with Gasteiger partial charge in [0, 0.05) is 12.6 Å². The summed E-state index contributed by atoms with van der Waals surface area (Å²) in [6.07, 6.45) is 1.14. The highest BCUT2D eigenvalue weighted by Crippen LogP contribution is 2.10. The minimum Gasteiger partial charge on any atom is -0.351 e. The summed E-state index contributed by atoms with van der Waals surface area (Å²) in [6.45, 7) is 4.56. The molecule has 2 atom stereocenters. The van der Waals surface area contributed by atoms with E-state index in [2.05, 4.69) is 22.9 Å². The van der Waals surface area contributed by atoms with Crippen LogP contribution >= 0.6 is 12.4 Å². The van der Waals surface area contributed by atoms with Crippen molar-refractivity contribution in [1.82, 2.24) is 16.0 Å². The van der Waals surface area contributed by atoms with Crippen LogP contribution in [0.5, 0.6) is 0 Å². The normalized spacial score (nSPS) is 26.4. The first kappa shape index (κ1) is 13.7. The Hall–Kier alpha value is -0.320. The Morgan fingerprint density at radius 3 is 2.86 bits per heavy atom. The van der Waals surface area contributed by atoms with Crippen molar-refractivity contribution in [2.24, 2.45) is 5.92 Å². The van der Waals surface area contributed by atoms with E-state index in [-0.39, 0.29) is 18.3 Å². The van der Waals surface area contributed by atoms with Crippen LogP contribution in [0.15, 0.2) is 0 Å². The van der Waals surface area contributed by atoms with Gasteiger partial charge in [-0.1, -0.05) is 6.92 Å². The molecule has 4 nitrogen and oxygen atoms in total. The van der Waals surface area contributed by atoms with Gasteiger partial charge in [-0.15, -0.1) is 12.4 Å². The predicted octanol–water partition coefficient (Wildman–Crippen LogP) is -0.258. The number of carbonyl (C=O) groups is 1. The van der Waals surface area contributed by atoms with E-state index in [9.17, 15) is 4.79 Å². The molecule has 0 aliphatic carbocycles. The largest absolute Gasteiger partial charge is 0.351 e. The molecule has 2 unspecified atom stereocenters. The molecule has 1 rings (SSSR count). The summed E-state index contributed by atoms with van der Waals surface area (Å²) in [5.74, 6) is 0.671. The highest BCUT2D eigenvalue weighted by Gasteiger charge is 2.21. The average Bonchev–Trinajstić information content (AvgIpc) is 2.09. The zero-order valence-corrected chi connectivity index (χ0v) is 9.62. The molecule has 1 fully saturated rings. The summed E-state index contributed by atoms with van der Waals surface area (Å²) in [4.78, 5) is 11.3. The van der Waals surface area contributed by atoms with Crippen molar-refractivity contribution in [1.29, 1.82) is 0 Å². The highest BCUT2D eigenvalue weighted by atomic mass is 35.5. The van der Waals surface area contributed by atoms with Crippen LogP contribution in [0.4, 0.5) is 0 Å². The van der Waals surface area contributed by atoms with Crippen molar-refractivity contribution in [3.8, 4) is 0 Å². The monoisotopic (exact) mass is 221 g/mol. The fourth-order valence-electron chi connectivity index (χ4n) is 1.60. The third kappa shape index (κ3) is 4.26. The molecule has 1 amide bonds. The fraction of sp³-hybridized carbons (Fsp3) is 0.889. The number of likely N-dealkylation sites (N-methyl/N-ethyl adjacent to an activating group) is 1. The number of hydrogen-bond acceptors (Lipinski definition) is 3. The van der Waals surface area contributed by atoms with Crippen molar-refractivity contribution < 1.29 is 4.79 Å². The highest BCUT2D eigenvalue weighted by molar-refractivity contribution is 5.85. The van der Waals surface area contributed by atoms with Gasteiger partial charge in [-0.3, -0.25) is 4.79 Å². The average molecular weight is 222 g/mol. The Morgan fingerprint density at radius 2 is 2.29 bits per heavy atom. The van der Waals surface area contributed by atoms with Gasteiger partial charge in [0.1, 0.15) is 0 Å². The van der Waals surface area contributed by atoms with Crippen LogP contribution in [0.25, 0.3) is 0 Å². The summed E-state index contributed by atoms with van der Waals surface area (Å²) in [6, 6.07) is 0.301. The van der Waals surface area contributed by atoms with Crippen LogP contribution in [0.1, 0.15) is 13.3 Å². The quantitative estimate of drug-likeness (QED) is 0.616. The van der Waals surface area contributed by atoms with Gasteiger partial charge in [0.05, 0.1) is 6.54 Å². The molecule has 0 radical (unpaired) electrons. The van der Waals surface area contributed by atoms with E-state index in [0.29, 0.717) is 18.5 Å². The predicted molar refractivity (Wildman–Crippen MR) is 59.8 cm³/mol. The number of nitrogens with one attached hydrogen (secondary N) is 3. The summed E-state index contributed by atoms with van der Waals surface area (Å²) in [7, 11) is 1.78. The number of rotatable bonds is 3. The minimum absolute atomic E-state index is 0. The molecule has 1 saturated heterocycles. The van der Waals surface area contributed by atoms with Crippen molar-refractivity contribution in [3.05, 3.63) is 0 Å². The molecular weight excluding hydrogens is 202 g/mol. The van der Waals surface area contributed by atoms with Crippen molar-refractivity contribution in [2.75, 3.05) is 26.7 Å². The Morgan fingerprint density at radius 1 is 1.57 bits per heavy atom. The molecule has 0 saturated carbocycles. The topological polar surface area (TPSA) is 53.2 Å². The first-order valence-corrected chi connectivity index (χ1v) is 4.88. The second-order valence-corrected chi connectivity index (χ2v) is 3.67. The van der Waals surface area contributed by atoms with Gasteiger partial charge in [0.15, 0.2) is 0 Å². The summed E-state index contributed by atoms with van der Waals surface area (Å²) >= 11 is 0. The van der Waals surface area contributed by atoms with Crippen LogP contribution < -0.4 is 16.0 Å². The molecule has 1 aliphatic rings. The van der Waals surface area contributed by atoms with Gasteiger partial charge < -0.3 is 16.0 Å². The standard InChI is InChI=1S/C9H19N3O.ClH/c1-7-3-4-11-5-8(7)12-9(13)6-10-2;/h7-8,10-11H,3-6H2,1-2H3,(H,12,13);1H. The van der Waals surface area contributed by atoms with E-state index in [1.807, 2.05) is 0 Å². The summed E-state index contributed by atoms with van der Waals surface area (Å²) < 4.78 is 0. The van der Waals surface area contributed by atoms with E-state index in [1.165, 1.54) is 0 Å². The number of carbonyl (C=O) groups excluding carboxylic acids is 1. The third-order valence-electron chi connectivity index (χ3n) is 2.51. The van der Waals surface area contributed by atoms with E-state index in [0.717, 1.165) is 19.5 Å². The molecule has 0 aromatic carbocycles. The van der Waals surface area contributed by atoms with Gasteiger partial charge in [-0.2, -0.15) is 0 Å². The summed E-state index contributed by atoms with van der Waals surface area (Å²) in [5, 5.41) is 9.12. The Balaban J connectivity index is 0.00000169. The maximum Gasteiger partial charge on any atom is 0.234 e. The van der Waals surface area contributed by atoms with Crippen molar-refractivity contribution in [2.45, 2.75) is 19.4 Å². The Bertz CT molecular complexity index is 177. The van der Waals surface area contributed by atoms with E-state index >= 15 is 0 Å². The van der Waals surface area contributed by atoms with Crippen LogP contribution in [0.2, 0.25) is 0 Å². The van der Waals surface area contributed by atoms with E-state index in [4.69, 9.17) is 0 Å². The number of amides is 1. The maximum absolute atomic E-state index is 11.3. The van der Waals surface area contributed by atoms with Crippen molar-refractivity contribution in [3.63, 3.8) is 0 Å². The SMILES string of the molecule is CNCC(=O)NC1CNCCC1C.Cl. The fourth-order valence-corrected chi connectivity index (χ4v) is 1.60. The molecule has 84 valence electrons. The molecule has 14 heavy (non-hydrogen) atoms. The smallest absolute Gasteiger partial charge is 0.234 e. The van der Waals surface area contributed by atoms with Gasteiger partial charge in [-0.05, 0) is 25.9 Å². The molecule has 0 bridgehead atoms. The van der Waals surface area contributed by atoms with Crippen LogP contribution in [0, 0.1) is 5.92 Å². The van der Waals surface area contributed by atoms with Gasteiger partial charge in [0.25, 0.3) is 0 Å². The molecule has 0 spiro atoms. The lowest BCUT2D eigenvalue weighted by Crippen LogP contribution is -2.51. The lowest BCUT2D eigenvalue weighted by atomic mass is 9.95. The van der Waals surface area contributed by atoms with Crippen LogP contribution in [-0.4, -0.2) is 38.6 Å². The van der Waals surface area contributed by atoms with Crippen LogP contribution in [0.3, 0.4) is 0 Å². The molecule has 1 aliphatic heterocycles.